The number of carboxylic acids is 1. The fraction of sp³-hybridized carbons (Fsp3) is 0.909. The van der Waals surface area contributed by atoms with E-state index in [0.29, 0.717) is 5.92 Å². The molecule has 2 N–H and O–H groups in total. The van der Waals surface area contributed by atoms with Gasteiger partial charge in [-0.05, 0) is 30.6 Å². The summed E-state index contributed by atoms with van der Waals surface area (Å²) in [7, 11) is 0. The molecule has 0 spiro atoms. The molecule has 0 unspecified atom stereocenters. The summed E-state index contributed by atoms with van der Waals surface area (Å²) in [4.78, 5) is 11.5. The van der Waals surface area contributed by atoms with Crippen LogP contribution in [0.5, 0.6) is 0 Å². The lowest BCUT2D eigenvalue weighted by atomic mass is 9.66. The Morgan fingerprint density at radius 3 is 2.64 bits per heavy atom. The van der Waals surface area contributed by atoms with E-state index in [4.69, 9.17) is 0 Å². The highest BCUT2D eigenvalue weighted by molar-refractivity contribution is 5.82. The molecule has 3 aliphatic rings. The highest BCUT2D eigenvalue weighted by Gasteiger charge is 2.77. The maximum Gasteiger partial charge on any atom is 0.324 e. The van der Waals surface area contributed by atoms with Gasteiger partial charge in [0.15, 0.2) is 0 Å². The number of carbonyl (C=O) groups is 1. The first-order valence-corrected chi connectivity index (χ1v) is 5.45. The van der Waals surface area contributed by atoms with Gasteiger partial charge in [-0.1, -0.05) is 13.8 Å². The van der Waals surface area contributed by atoms with Gasteiger partial charge in [0.1, 0.15) is 5.54 Å². The number of rotatable bonds is 1. The van der Waals surface area contributed by atoms with Crippen molar-refractivity contribution in [2.24, 2.45) is 16.7 Å². The Morgan fingerprint density at radius 2 is 2.21 bits per heavy atom. The number of carboxylic acid groups (broad SMARTS) is 1. The van der Waals surface area contributed by atoms with Gasteiger partial charge in [-0.25, -0.2) is 0 Å². The molecule has 0 amide bonds. The molecule has 4 atom stereocenters. The van der Waals surface area contributed by atoms with E-state index in [1.807, 2.05) is 0 Å². The molecule has 3 rings (SSSR count). The molecular weight excluding hydrogens is 178 g/mol. The van der Waals surface area contributed by atoms with Crippen LogP contribution in [0, 0.1) is 16.7 Å². The summed E-state index contributed by atoms with van der Waals surface area (Å²) in [6.45, 7) is 5.34. The SMILES string of the molecule is C[C@]12CC[C@@H]3C[C@@]1(C(=O)O)NC[C@]32C. The van der Waals surface area contributed by atoms with E-state index in [1.54, 1.807) is 0 Å². The average molecular weight is 195 g/mol. The molecule has 0 radical (unpaired) electrons. The van der Waals surface area contributed by atoms with Crippen LogP contribution in [-0.4, -0.2) is 23.2 Å². The van der Waals surface area contributed by atoms with Crippen molar-refractivity contribution < 1.29 is 9.90 Å². The maximum atomic E-state index is 11.5. The van der Waals surface area contributed by atoms with Gasteiger partial charge in [0, 0.05) is 12.0 Å². The smallest absolute Gasteiger partial charge is 0.324 e. The number of aliphatic carboxylic acids is 1. The predicted octanol–water partition coefficient (Wildman–Crippen LogP) is 1.24. The molecule has 3 fully saturated rings. The zero-order valence-corrected chi connectivity index (χ0v) is 8.76. The summed E-state index contributed by atoms with van der Waals surface area (Å²) in [5.74, 6) is -0.00391. The molecule has 2 saturated carbocycles. The van der Waals surface area contributed by atoms with Gasteiger partial charge >= 0.3 is 5.97 Å². The second-order valence-corrected chi connectivity index (χ2v) is 5.75. The van der Waals surface area contributed by atoms with Gasteiger partial charge in [-0.15, -0.1) is 0 Å². The number of hydrogen-bond donors (Lipinski definition) is 2. The Labute approximate surface area is 83.9 Å². The van der Waals surface area contributed by atoms with Crippen molar-refractivity contribution >= 4 is 5.97 Å². The van der Waals surface area contributed by atoms with Crippen molar-refractivity contribution in [2.75, 3.05) is 6.54 Å². The molecule has 2 aliphatic carbocycles. The Hall–Kier alpha value is -0.570. The van der Waals surface area contributed by atoms with Gasteiger partial charge in [0.25, 0.3) is 0 Å². The fourth-order valence-corrected chi connectivity index (χ4v) is 4.48. The van der Waals surface area contributed by atoms with Crippen LogP contribution in [0.25, 0.3) is 0 Å². The molecule has 4 bridgehead atoms. The number of hydrogen-bond acceptors (Lipinski definition) is 2. The van der Waals surface area contributed by atoms with E-state index < -0.39 is 11.5 Å². The van der Waals surface area contributed by atoms with Crippen molar-refractivity contribution in [1.29, 1.82) is 0 Å². The van der Waals surface area contributed by atoms with Crippen molar-refractivity contribution in [3.8, 4) is 0 Å². The second-order valence-electron chi connectivity index (χ2n) is 5.75. The summed E-state index contributed by atoms with van der Waals surface area (Å²) >= 11 is 0. The van der Waals surface area contributed by atoms with Crippen LogP contribution in [0.15, 0.2) is 0 Å². The van der Waals surface area contributed by atoms with Crippen LogP contribution in [0.2, 0.25) is 0 Å². The molecule has 0 aromatic heterocycles. The molecular formula is C11H17NO2. The van der Waals surface area contributed by atoms with E-state index in [0.717, 1.165) is 19.4 Å². The minimum atomic E-state index is -0.633. The van der Waals surface area contributed by atoms with Crippen molar-refractivity contribution in [3.63, 3.8) is 0 Å². The lowest BCUT2D eigenvalue weighted by Crippen LogP contribution is -2.57. The Balaban J connectivity index is 2.18. The molecule has 3 nitrogen and oxygen atoms in total. The quantitative estimate of drug-likeness (QED) is 0.662. The third kappa shape index (κ3) is 0.553. The minimum absolute atomic E-state index is 0.0174. The fourth-order valence-electron chi connectivity index (χ4n) is 4.48. The molecule has 3 heteroatoms. The first kappa shape index (κ1) is 8.72. The molecule has 1 saturated heterocycles. The van der Waals surface area contributed by atoms with Crippen LogP contribution >= 0.6 is 0 Å². The number of piperidine rings is 1. The lowest BCUT2D eigenvalue weighted by molar-refractivity contribution is -0.149. The van der Waals surface area contributed by atoms with E-state index in [2.05, 4.69) is 19.2 Å². The van der Waals surface area contributed by atoms with Crippen LogP contribution < -0.4 is 5.32 Å². The van der Waals surface area contributed by atoms with Crippen molar-refractivity contribution in [1.82, 2.24) is 5.32 Å². The summed E-state index contributed by atoms with van der Waals surface area (Å²) in [5.41, 5.74) is -0.396. The summed E-state index contributed by atoms with van der Waals surface area (Å²) in [5, 5.41) is 12.7. The maximum absolute atomic E-state index is 11.5. The standard InChI is InChI=1S/C11H17NO2/c1-9-6-12-11(8(13)14)5-7(9)3-4-10(9,11)2/h7,12H,3-6H2,1-2H3,(H,13,14)/t7-,9-,10-,11+/m1/s1. The average Bonchev–Trinajstić information content (AvgIpc) is 2.58. The second kappa shape index (κ2) is 2.01. The largest absolute Gasteiger partial charge is 0.480 e. The van der Waals surface area contributed by atoms with Crippen molar-refractivity contribution in [2.45, 2.75) is 38.6 Å². The molecule has 14 heavy (non-hydrogen) atoms. The molecule has 1 aliphatic heterocycles. The molecule has 0 aromatic rings. The van der Waals surface area contributed by atoms with E-state index in [9.17, 15) is 9.90 Å². The molecule has 1 heterocycles. The Morgan fingerprint density at radius 1 is 1.50 bits per heavy atom. The monoisotopic (exact) mass is 195 g/mol. The molecule has 0 aromatic carbocycles. The van der Waals surface area contributed by atoms with Gasteiger partial charge in [-0.2, -0.15) is 0 Å². The predicted molar refractivity (Wildman–Crippen MR) is 51.9 cm³/mol. The topological polar surface area (TPSA) is 49.3 Å². The number of nitrogens with one attached hydrogen (secondary N) is 1. The van der Waals surface area contributed by atoms with Gasteiger partial charge in [0.05, 0.1) is 0 Å². The van der Waals surface area contributed by atoms with Crippen LogP contribution in [-0.2, 0) is 4.79 Å². The summed E-state index contributed by atoms with van der Waals surface area (Å²) < 4.78 is 0. The van der Waals surface area contributed by atoms with Gasteiger partial charge in [-0.3, -0.25) is 4.79 Å². The normalized spacial score (nSPS) is 59.4. The summed E-state index contributed by atoms with van der Waals surface area (Å²) in [6.07, 6.45) is 3.15. The van der Waals surface area contributed by atoms with Crippen molar-refractivity contribution in [3.05, 3.63) is 0 Å². The van der Waals surface area contributed by atoms with E-state index in [-0.39, 0.29) is 10.8 Å². The lowest BCUT2D eigenvalue weighted by Gasteiger charge is -2.39. The van der Waals surface area contributed by atoms with Gasteiger partial charge in [0.2, 0.25) is 0 Å². The van der Waals surface area contributed by atoms with Crippen LogP contribution in [0.4, 0.5) is 0 Å². The van der Waals surface area contributed by atoms with Crippen LogP contribution in [0.1, 0.15) is 33.1 Å². The zero-order valence-electron chi connectivity index (χ0n) is 8.76. The first-order valence-electron chi connectivity index (χ1n) is 5.45. The highest BCUT2D eigenvalue weighted by Crippen LogP contribution is 2.72. The zero-order chi connectivity index (χ0) is 10.2. The van der Waals surface area contributed by atoms with E-state index in [1.165, 1.54) is 6.42 Å². The minimum Gasteiger partial charge on any atom is -0.480 e. The van der Waals surface area contributed by atoms with Gasteiger partial charge < -0.3 is 10.4 Å². The molecule has 78 valence electrons. The third-order valence-corrected chi connectivity index (χ3v) is 5.77. The van der Waals surface area contributed by atoms with Crippen LogP contribution in [0.3, 0.4) is 0 Å². The first-order chi connectivity index (χ1) is 6.46. The van der Waals surface area contributed by atoms with E-state index >= 15 is 0 Å². The Bertz CT molecular complexity index is 329. The third-order valence-electron chi connectivity index (χ3n) is 5.77. The highest BCUT2D eigenvalue weighted by atomic mass is 16.4. The Kier molecular flexibility index (Phi) is 1.25. The summed E-state index contributed by atoms with van der Waals surface area (Å²) in [6, 6.07) is 0.